The first-order chi connectivity index (χ1) is 7.95. The molecule has 1 amide bonds. The van der Waals surface area contributed by atoms with Gasteiger partial charge in [-0.25, -0.2) is 4.39 Å². The molecule has 17 heavy (non-hydrogen) atoms. The van der Waals surface area contributed by atoms with E-state index in [1.807, 2.05) is 0 Å². The van der Waals surface area contributed by atoms with Crippen LogP contribution >= 0.6 is 0 Å². The Balaban J connectivity index is 2.65. The minimum Gasteiger partial charge on any atom is -0.478 e. The second-order valence-electron chi connectivity index (χ2n) is 4.05. The first kappa shape index (κ1) is 13.4. The third-order valence-electron chi connectivity index (χ3n) is 2.13. The maximum atomic E-state index is 12.7. The standard InChI is InChI=1S/C12H16FNO3/c1-12(2,11(16)14-7-8-15)17-10-5-3-9(13)4-6-10/h3-6,15H,7-8H2,1-2H3,(H,14,16). The highest BCUT2D eigenvalue weighted by Gasteiger charge is 2.29. The van der Waals surface area contributed by atoms with Crippen LogP contribution in [0.1, 0.15) is 13.8 Å². The number of hydrogen-bond acceptors (Lipinski definition) is 3. The van der Waals surface area contributed by atoms with Gasteiger partial charge in [-0.05, 0) is 38.1 Å². The molecule has 0 aliphatic heterocycles. The van der Waals surface area contributed by atoms with Crippen LogP contribution in [0.3, 0.4) is 0 Å². The predicted octanol–water partition coefficient (Wildman–Crippen LogP) is 1.09. The molecule has 0 unspecified atom stereocenters. The second kappa shape index (κ2) is 5.63. The van der Waals surface area contributed by atoms with Crippen LogP contribution in [0.15, 0.2) is 24.3 Å². The summed E-state index contributed by atoms with van der Waals surface area (Å²) in [6.07, 6.45) is 0. The molecular weight excluding hydrogens is 225 g/mol. The van der Waals surface area contributed by atoms with Crippen molar-refractivity contribution in [3.63, 3.8) is 0 Å². The van der Waals surface area contributed by atoms with Crippen molar-refractivity contribution in [3.05, 3.63) is 30.1 Å². The van der Waals surface area contributed by atoms with Gasteiger partial charge >= 0.3 is 0 Å². The zero-order valence-electron chi connectivity index (χ0n) is 9.87. The lowest BCUT2D eigenvalue weighted by molar-refractivity contribution is -0.134. The molecule has 5 heteroatoms. The molecule has 0 bridgehead atoms. The summed E-state index contributed by atoms with van der Waals surface area (Å²) in [5.41, 5.74) is -1.08. The Bertz CT molecular complexity index is 376. The molecule has 94 valence electrons. The van der Waals surface area contributed by atoms with Crippen LogP contribution in [-0.2, 0) is 4.79 Å². The fraction of sp³-hybridized carbons (Fsp3) is 0.417. The molecule has 0 fully saturated rings. The first-order valence-electron chi connectivity index (χ1n) is 5.29. The van der Waals surface area contributed by atoms with Crippen LogP contribution in [0.25, 0.3) is 0 Å². The predicted molar refractivity (Wildman–Crippen MR) is 61.2 cm³/mol. The van der Waals surface area contributed by atoms with Crippen molar-refractivity contribution in [2.24, 2.45) is 0 Å². The Kier molecular flexibility index (Phi) is 4.45. The number of amides is 1. The molecule has 0 radical (unpaired) electrons. The third-order valence-corrected chi connectivity index (χ3v) is 2.13. The second-order valence-corrected chi connectivity index (χ2v) is 4.05. The molecule has 0 atom stereocenters. The largest absolute Gasteiger partial charge is 0.478 e. The average Bonchev–Trinajstić information content (AvgIpc) is 2.28. The fourth-order valence-corrected chi connectivity index (χ4v) is 1.23. The number of nitrogens with one attached hydrogen (secondary N) is 1. The van der Waals surface area contributed by atoms with Gasteiger partial charge in [-0.3, -0.25) is 4.79 Å². The van der Waals surface area contributed by atoms with Crippen molar-refractivity contribution in [2.75, 3.05) is 13.2 Å². The molecule has 1 aromatic rings. The number of carbonyl (C=O) groups excluding carboxylic acids is 1. The topological polar surface area (TPSA) is 58.6 Å². The first-order valence-corrected chi connectivity index (χ1v) is 5.29. The zero-order chi connectivity index (χ0) is 12.9. The van der Waals surface area contributed by atoms with Gasteiger partial charge in [-0.2, -0.15) is 0 Å². The molecule has 4 nitrogen and oxygen atoms in total. The van der Waals surface area contributed by atoms with Gasteiger partial charge in [0.25, 0.3) is 5.91 Å². The number of carbonyl (C=O) groups is 1. The summed E-state index contributed by atoms with van der Waals surface area (Å²) in [5, 5.41) is 11.1. The van der Waals surface area contributed by atoms with E-state index in [1.165, 1.54) is 24.3 Å². The maximum absolute atomic E-state index is 12.7. The van der Waals surface area contributed by atoms with Gasteiger partial charge in [-0.1, -0.05) is 0 Å². The number of ether oxygens (including phenoxy) is 1. The third kappa shape index (κ3) is 4.03. The number of benzene rings is 1. The minimum atomic E-state index is -1.08. The molecule has 0 spiro atoms. The average molecular weight is 241 g/mol. The molecule has 1 rings (SSSR count). The van der Waals surface area contributed by atoms with Crippen molar-refractivity contribution >= 4 is 5.91 Å². The van der Waals surface area contributed by atoms with E-state index < -0.39 is 5.60 Å². The highest BCUT2D eigenvalue weighted by Crippen LogP contribution is 2.18. The van der Waals surface area contributed by atoms with E-state index in [0.29, 0.717) is 5.75 Å². The summed E-state index contributed by atoms with van der Waals surface area (Å²) >= 11 is 0. The normalized spacial score (nSPS) is 11.1. The minimum absolute atomic E-state index is 0.127. The summed E-state index contributed by atoms with van der Waals surface area (Å²) in [7, 11) is 0. The van der Waals surface area contributed by atoms with E-state index in [2.05, 4.69) is 5.32 Å². The van der Waals surface area contributed by atoms with E-state index in [1.54, 1.807) is 13.8 Å². The lowest BCUT2D eigenvalue weighted by Crippen LogP contribution is -2.47. The van der Waals surface area contributed by atoms with Crippen LogP contribution in [0.5, 0.6) is 5.75 Å². The SMILES string of the molecule is CC(C)(Oc1ccc(F)cc1)C(=O)NCCO. The fourth-order valence-electron chi connectivity index (χ4n) is 1.23. The summed E-state index contributed by atoms with van der Waals surface area (Å²) in [5.74, 6) is -0.286. The molecule has 0 aromatic heterocycles. The zero-order valence-corrected chi connectivity index (χ0v) is 9.87. The number of aliphatic hydroxyl groups excluding tert-OH is 1. The van der Waals surface area contributed by atoms with Gasteiger partial charge in [0.1, 0.15) is 11.6 Å². The molecule has 0 saturated heterocycles. The van der Waals surface area contributed by atoms with E-state index in [4.69, 9.17) is 9.84 Å². The molecular formula is C12H16FNO3. The maximum Gasteiger partial charge on any atom is 0.263 e. The van der Waals surface area contributed by atoms with Gasteiger partial charge in [0, 0.05) is 6.54 Å². The van der Waals surface area contributed by atoms with E-state index >= 15 is 0 Å². The van der Waals surface area contributed by atoms with Gasteiger partial charge in [-0.15, -0.1) is 0 Å². The van der Waals surface area contributed by atoms with Crippen LogP contribution in [0.4, 0.5) is 4.39 Å². The summed E-state index contributed by atoms with van der Waals surface area (Å²) in [4.78, 5) is 11.7. The molecule has 0 aliphatic rings. The quantitative estimate of drug-likeness (QED) is 0.811. The molecule has 1 aromatic carbocycles. The molecule has 2 N–H and O–H groups in total. The van der Waals surface area contributed by atoms with Crippen LogP contribution in [0, 0.1) is 5.82 Å². The van der Waals surface area contributed by atoms with E-state index in [0.717, 1.165) is 0 Å². The number of hydrogen-bond donors (Lipinski definition) is 2. The summed E-state index contributed by atoms with van der Waals surface area (Å²) in [6.45, 7) is 3.25. The van der Waals surface area contributed by atoms with Crippen molar-refractivity contribution in [2.45, 2.75) is 19.4 Å². The smallest absolute Gasteiger partial charge is 0.263 e. The molecule has 0 aliphatic carbocycles. The molecule has 0 heterocycles. The summed E-state index contributed by atoms with van der Waals surface area (Å²) in [6, 6.07) is 5.43. The van der Waals surface area contributed by atoms with Gasteiger partial charge in [0.05, 0.1) is 6.61 Å². The Morgan fingerprint density at radius 1 is 1.41 bits per heavy atom. The highest BCUT2D eigenvalue weighted by atomic mass is 19.1. The van der Waals surface area contributed by atoms with Crippen LogP contribution in [-0.4, -0.2) is 29.8 Å². The highest BCUT2D eigenvalue weighted by molar-refractivity contribution is 5.84. The Morgan fingerprint density at radius 2 is 2.00 bits per heavy atom. The van der Waals surface area contributed by atoms with Crippen molar-refractivity contribution in [3.8, 4) is 5.75 Å². The van der Waals surface area contributed by atoms with E-state index in [-0.39, 0.29) is 24.9 Å². The van der Waals surface area contributed by atoms with Gasteiger partial charge in [0.15, 0.2) is 5.60 Å². The Hall–Kier alpha value is -1.62. The van der Waals surface area contributed by atoms with Crippen LogP contribution < -0.4 is 10.1 Å². The van der Waals surface area contributed by atoms with Crippen molar-refractivity contribution in [1.29, 1.82) is 0 Å². The van der Waals surface area contributed by atoms with Crippen molar-refractivity contribution in [1.82, 2.24) is 5.32 Å². The summed E-state index contributed by atoms with van der Waals surface area (Å²) < 4.78 is 18.1. The van der Waals surface area contributed by atoms with Gasteiger partial charge in [0.2, 0.25) is 0 Å². The Labute approximate surface area is 99.4 Å². The van der Waals surface area contributed by atoms with E-state index in [9.17, 15) is 9.18 Å². The lowest BCUT2D eigenvalue weighted by atomic mass is 10.1. The lowest BCUT2D eigenvalue weighted by Gasteiger charge is -2.25. The van der Waals surface area contributed by atoms with Gasteiger partial charge < -0.3 is 15.2 Å². The monoisotopic (exact) mass is 241 g/mol. The Morgan fingerprint density at radius 3 is 2.53 bits per heavy atom. The molecule has 0 saturated carbocycles. The number of rotatable bonds is 5. The number of aliphatic hydroxyl groups is 1. The van der Waals surface area contributed by atoms with Crippen LogP contribution in [0.2, 0.25) is 0 Å². The number of halogens is 1. The van der Waals surface area contributed by atoms with Crippen molar-refractivity contribution < 1.29 is 19.0 Å².